The molecule has 2 rings (SSSR count). The summed E-state index contributed by atoms with van der Waals surface area (Å²) in [5.41, 5.74) is 4.59. The van der Waals surface area contributed by atoms with E-state index in [1.165, 1.54) is 35.7 Å². The highest BCUT2D eigenvalue weighted by atomic mass is 31.1. The fourth-order valence-corrected chi connectivity index (χ4v) is 5.48. The zero-order valence-electron chi connectivity index (χ0n) is 19.3. The Balaban J connectivity index is 2.60. The molecule has 0 bridgehead atoms. The summed E-state index contributed by atoms with van der Waals surface area (Å²) in [4.78, 5) is 4.25. The van der Waals surface area contributed by atoms with Crippen molar-refractivity contribution in [2.45, 2.75) is 77.8 Å². The van der Waals surface area contributed by atoms with Gasteiger partial charge in [-0.15, -0.1) is 0 Å². The van der Waals surface area contributed by atoms with E-state index < -0.39 is 0 Å². The molecular formula is C26H38NOP. The number of hydrogen-bond donors (Lipinski definition) is 1. The molecule has 0 aromatic heterocycles. The number of hydrogen-bond acceptors (Lipinski definition) is 2. The lowest BCUT2D eigenvalue weighted by molar-refractivity contribution is 0.444. The van der Waals surface area contributed by atoms with Crippen LogP contribution in [0.15, 0.2) is 41.4 Å². The molecule has 0 heterocycles. The van der Waals surface area contributed by atoms with Crippen molar-refractivity contribution in [3.8, 4) is 5.75 Å². The van der Waals surface area contributed by atoms with Gasteiger partial charge in [0, 0.05) is 24.0 Å². The Morgan fingerprint density at radius 2 is 1.76 bits per heavy atom. The SMILES string of the molecule is CCCCCC(C)(Pc1ccccc1/C=N/C)c1cc(C(C)(C)C)cc(C)c1O. The van der Waals surface area contributed by atoms with Crippen molar-refractivity contribution in [2.75, 3.05) is 7.05 Å². The third-order valence-corrected chi connectivity index (χ3v) is 7.48. The molecular weight excluding hydrogens is 373 g/mol. The van der Waals surface area contributed by atoms with Gasteiger partial charge < -0.3 is 5.11 Å². The maximum Gasteiger partial charge on any atom is 0.122 e. The van der Waals surface area contributed by atoms with E-state index in [1.54, 1.807) is 0 Å². The summed E-state index contributed by atoms with van der Waals surface area (Å²) >= 11 is 0. The predicted octanol–water partition coefficient (Wildman–Crippen LogP) is 6.85. The molecule has 2 nitrogen and oxygen atoms in total. The second-order valence-electron chi connectivity index (χ2n) is 9.33. The summed E-state index contributed by atoms with van der Waals surface area (Å²) in [5, 5.41) is 12.3. The van der Waals surface area contributed by atoms with Crippen LogP contribution in [0.4, 0.5) is 0 Å². The maximum absolute atomic E-state index is 11.1. The topological polar surface area (TPSA) is 32.6 Å². The number of phenolic OH excluding ortho intramolecular Hbond substituents is 1. The molecule has 1 N–H and O–H groups in total. The molecule has 0 aliphatic rings. The fourth-order valence-electron chi connectivity index (χ4n) is 3.79. The number of rotatable bonds is 8. The molecule has 0 fully saturated rings. The fraction of sp³-hybridized carbons (Fsp3) is 0.500. The van der Waals surface area contributed by atoms with Crippen LogP contribution >= 0.6 is 8.58 Å². The van der Waals surface area contributed by atoms with Crippen molar-refractivity contribution in [3.63, 3.8) is 0 Å². The lowest BCUT2D eigenvalue weighted by Crippen LogP contribution is -2.23. The van der Waals surface area contributed by atoms with Gasteiger partial charge in [-0.2, -0.15) is 0 Å². The summed E-state index contributed by atoms with van der Waals surface area (Å²) in [7, 11) is 2.39. The van der Waals surface area contributed by atoms with E-state index in [1.807, 2.05) is 20.2 Å². The smallest absolute Gasteiger partial charge is 0.122 e. The number of aryl methyl sites for hydroxylation is 1. The van der Waals surface area contributed by atoms with Gasteiger partial charge in [-0.1, -0.05) is 98.9 Å². The maximum atomic E-state index is 11.1. The van der Waals surface area contributed by atoms with Crippen molar-refractivity contribution in [1.82, 2.24) is 0 Å². The largest absolute Gasteiger partial charge is 0.507 e. The zero-order valence-corrected chi connectivity index (χ0v) is 20.3. The molecule has 2 aromatic carbocycles. The van der Waals surface area contributed by atoms with E-state index in [9.17, 15) is 5.11 Å². The zero-order chi connectivity index (χ0) is 21.7. The van der Waals surface area contributed by atoms with Gasteiger partial charge in [-0.3, -0.25) is 4.99 Å². The molecule has 2 unspecified atom stereocenters. The Bertz CT molecular complexity index is 850. The normalized spacial score (nSPS) is 14.7. The summed E-state index contributed by atoms with van der Waals surface area (Å²) in [6.45, 7) is 13.3. The van der Waals surface area contributed by atoms with Crippen molar-refractivity contribution < 1.29 is 5.11 Å². The molecule has 3 heteroatoms. The summed E-state index contributed by atoms with van der Waals surface area (Å²) in [6.07, 6.45) is 6.60. The van der Waals surface area contributed by atoms with Gasteiger partial charge >= 0.3 is 0 Å². The molecule has 0 saturated carbocycles. The third-order valence-electron chi connectivity index (χ3n) is 5.68. The van der Waals surface area contributed by atoms with E-state index >= 15 is 0 Å². The average Bonchev–Trinajstić information content (AvgIpc) is 2.65. The molecule has 2 atom stereocenters. The number of aromatic hydroxyl groups is 1. The lowest BCUT2D eigenvalue weighted by atomic mass is 9.82. The minimum Gasteiger partial charge on any atom is -0.507 e. The number of aliphatic imine (C=N–C) groups is 1. The van der Waals surface area contributed by atoms with E-state index in [0.717, 1.165) is 17.5 Å². The standard InChI is InChI=1S/C26H38NOP/c1-8-9-12-15-26(6,29-23-14-11-10-13-20(23)18-27-7)22-17-21(25(3,4)5)16-19(2)24(22)28/h10-11,13-14,16-18,28-29H,8-9,12,15H2,1-7H3/b27-18+. The monoisotopic (exact) mass is 411 g/mol. The minimum absolute atomic E-state index is 0.0490. The Morgan fingerprint density at radius 3 is 2.38 bits per heavy atom. The summed E-state index contributed by atoms with van der Waals surface area (Å²) < 4.78 is 0. The van der Waals surface area contributed by atoms with Gasteiger partial charge in [0.2, 0.25) is 0 Å². The van der Waals surface area contributed by atoms with Gasteiger partial charge in [0.15, 0.2) is 0 Å². The molecule has 2 aromatic rings. The number of nitrogens with zero attached hydrogens (tertiary/aromatic N) is 1. The molecule has 0 aliphatic carbocycles. The van der Waals surface area contributed by atoms with Crippen LogP contribution in [0.25, 0.3) is 0 Å². The van der Waals surface area contributed by atoms with Crippen LogP contribution in [-0.2, 0) is 10.6 Å². The van der Waals surface area contributed by atoms with E-state index in [4.69, 9.17) is 0 Å². The highest BCUT2D eigenvalue weighted by Crippen LogP contribution is 2.50. The van der Waals surface area contributed by atoms with Gasteiger partial charge in [0.05, 0.1) is 0 Å². The highest BCUT2D eigenvalue weighted by molar-refractivity contribution is 7.48. The van der Waals surface area contributed by atoms with Crippen LogP contribution in [0, 0.1) is 6.92 Å². The molecule has 158 valence electrons. The lowest BCUT2D eigenvalue weighted by Gasteiger charge is -2.34. The van der Waals surface area contributed by atoms with Crippen LogP contribution in [0.5, 0.6) is 5.75 Å². The van der Waals surface area contributed by atoms with E-state index in [-0.39, 0.29) is 10.6 Å². The first kappa shape index (κ1) is 23.6. The van der Waals surface area contributed by atoms with Crippen LogP contribution in [-0.4, -0.2) is 18.4 Å². The van der Waals surface area contributed by atoms with Crippen molar-refractivity contribution in [1.29, 1.82) is 0 Å². The van der Waals surface area contributed by atoms with Crippen LogP contribution in [0.1, 0.15) is 82.6 Å². The predicted molar refractivity (Wildman–Crippen MR) is 131 cm³/mol. The quantitative estimate of drug-likeness (QED) is 0.288. The van der Waals surface area contributed by atoms with Gasteiger partial charge in [0.25, 0.3) is 0 Å². The Labute approximate surface area is 179 Å². The van der Waals surface area contributed by atoms with Crippen molar-refractivity contribution in [3.05, 3.63) is 58.7 Å². The Morgan fingerprint density at radius 1 is 1.07 bits per heavy atom. The average molecular weight is 412 g/mol. The number of unbranched alkanes of at least 4 members (excludes halogenated alkanes) is 2. The third kappa shape index (κ3) is 5.92. The van der Waals surface area contributed by atoms with Gasteiger partial charge in [0.1, 0.15) is 5.75 Å². The number of phenols is 1. The van der Waals surface area contributed by atoms with Gasteiger partial charge in [-0.25, -0.2) is 0 Å². The van der Waals surface area contributed by atoms with E-state index in [2.05, 4.69) is 76.0 Å². The molecule has 0 amide bonds. The van der Waals surface area contributed by atoms with Crippen LogP contribution < -0.4 is 5.30 Å². The molecule has 0 radical (unpaired) electrons. The highest BCUT2D eigenvalue weighted by Gasteiger charge is 2.32. The van der Waals surface area contributed by atoms with Crippen LogP contribution in [0.2, 0.25) is 0 Å². The van der Waals surface area contributed by atoms with Crippen LogP contribution in [0.3, 0.4) is 0 Å². The minimum atomic E-state index is -0.108. The first-order valence-electron chi connectivity index (χ1n) is 10.8. The van der Waals surface area contributed by atoms with E-state index in [0.29, 0.717) is 14.3 Å². The Hall–Kier alpha value is -1.66. The molecule has 0 aliphatic heterocycles. The molecule has 0 spiro atoms. The summed E-state index contributed by atoms with van der Waals surface area (Å²) in [5.74, 6) is 0.464. The van der Waals surface area contributed by atoms with Crippen molar-refractivity contribution >= 4 is 20.1 Å². The number of benzene rings is 2. The first-order valence-corrected chi connectivity index (χ1v) is 11.8. The second-order valence-corrected chi connectivity index (χ2v) is 11.2. The summed E-state index contributed by atoms with van der Waals surface area (Å²) in [6, 6.07) is 12.9. The first-order chi connectivity index (χ1) is 13.6. The van der Waals surface area contributed by atoms with Gasteiger partial charge in [-0.05, 0) is 40.8 Å². The van der Waals surface area contributed by atoms with Crippen molar-refractivity contribution in [2.24, 2.45) is 4.99 Å². The molecule has 0 saturated heterocycles. The molecule has 29 heavy (non-hydrogen) atoms. The second kappa shape index (κ2) is 9.90. The Kier molecular flexibility index (Phi) is 8.06.